The summed E-state index contributed by atoms with van der Waals surface area (Å²) in [4.78, 5) is 4.64. The van der Waals surface area contributed by atoms with E-state index in [-0.39, 0.29) is 0 Å². The van der Waals surface area contributed by atoms with Gasteiger partial charge in [0.05, 0.1) is 17.4 Å². The molecule has 0 N–H and O–H groups in total. The molecule has 1 aromatic carbocycles. The van der Waals surface area contributed by atoms with Crippen LogP contribution in [0.2, 0.25) is 0 Å². The van der Waals surface area contributed by atoms with Crippen LogP contribution in [0.25, 0.3) is 11.0 Å². The summed E-state index contributed by atoms with van der Waals surface area (Å²) in [5, 5.41) is 0. The first-order chi connectivity index (χ1) is 12.3. The molecule has 0 saturated heterocycles. The van der Waals surface area contributed by atoms with E-state index < -0.39 is 0 Å². The van der Waals surface area contributed by atoms with E-state index in [0.29, 0.717) is 6.04 Å². The Bertz CT molecular complexity index is 587. The Balaban J connectivity index is 1.96. The SMILES string of the molecule is CCCCCCCCCC(C(C)CCCC)n1cnc2ccccc21. The fourth-order valence-corrected chi connectivity index (χ4v) is 3.97. The Kier molecular flexibility index (Phi) is 9.07. The normalized spacial score (nSPS) is 14.0. The number of rotatable bonds is 13. The Morgan fingerprint density at radius 1 is 0.840 bits per heavy atom. The van der Waals surface area contributed by atoms with Crippen LogP contribution < -0.4 is 0 Å². The van der Waals surface area contributed by atoms with E-state index in [9.17, 15) is 0 Å². The quantitative estimate of drug-likeness (QED) is 0.344. The van der Waals surface area contributed by atoms with E-state index in [2.05, 4.69) is 60.9 Å². The topological polar surface area (TPSA) is 17.8 Å². The van der Waals surface area contributed by atoms with E-state index in [1.807, 2.05) is 0 Å². The predicted molar refractivity (Wildman–Crippen MR) is 110 cm³/mol. The van der Waals surface area contributed by atoms with Gasteiger partial charge in [0.2, 0.25) is 0 Å². The van der Waals surface area contributed by atoms with Gasteiger partial charge in [0, 0.05) is 6.04 Å². The van der Waals surface area contributed by atoms with Gasteiger partial charge in [0.15, 0.2) is 0 Å². The van der Waals surface area contributed by atoms with Crippen molar-refractivity contribution in [3.05, 3.63) is 30.6 Å². The third-order valence-corrected chi connectivity index (χ3v) is 5.61. The maximum absolute atomic E-state index is 4.64. The van der Waals surface area contributed by atoms with Gasteiger partial charge in [0.1, 0.15) is 0 Å². The summed E-state index contributed by atoms with van der Waals surface area (Å²) in [6.07, 6.45) is 17.0. The second-order valence-corrected chi connectivity index (χ2v) is 7.74. The van der Waals surface area contributed by atoms with Gasteiger partial charge in [-0.25, -0.2) is 4.98 Å². The van der Waals surface area contributed by atoms with Gasteiger partial charge in [-0.05, 0) is 30.9 Å². The molecule has 25 heavy (non-hydrogen) atoms. The number of benzene rings is 1. The first-order valence-electron chi connectivity index (χ1n) is 10.7. The van der Waals surface area contributed by atoms with Crippen LogP contribution in [0.5, 0.6) is 0 Å². The van der Waals surface area contributed by atoms with E-state index in [4.69, 9.17) is 0 Å². The van der Waals surface area contributed by atoms with Gasteiger partial charge in [0.25, 0.3) is 0 Å². The molecule has 0 amide bonds. The van der Waals surface area contributed by atoms with Gasteiger partial charge in [-0.1, -0.05) is 90.7 Å². The summed E-state index contributed by atoms with van der Waals surface area (Å²) in [6, 6.07) is 9.18. The Hall–Kier alpha value is -1.31. The molecular weight excluding hydrogens is 304 g/mol. The van der Waals surface area contributed by atoms with Crippen molar-refractivity contribution in [1.82, 2.24) is 9.55 Å². The van der Waals surface area contributed by atoms with Crippen LogP contribution in [-0.2, 0) is 0 Å². The standard InChI is InChI=1S/C23H38N2/c1-4-6-8-9-10-11-12-17-22(20(3)15-7-5-2)25-19-24-21-16-13-14-18-23(21)25/h13-14,16,18-20,22H,4-12,15,17H2,1-3H3. The molecule has 1 aromatic heterocycles. The lowest BCUT2D eigenvalue weighted by Crippen LogP contribution is -2.17. The third kappa shape index (κ3) is 6.17. The lowest BCUT2D eigenvalue weighted by molar-refractivity contribution is 0.305. The van der Waals surface area contributed by atoms with E-state index >= 15 is 0 Å². The zero-order chi connectivity index (χ0) is 17.9. The van der Waals surface area contributed by atoms with Gasteiger partial charge >= 0.3 is 0 Å². The molecule has 2 aromatic rings. The van der Waals surface area contributed by atoms with Gasteiger partial charge < -0.3 is 4.57 Å². The molecule has 0 saturated carbocycles. The molecule has 1 heterocycles. The maximum atomic E-state index is 4.64. The molecule has 0 aliphatic heterocycles. The van der Waals surface area contributed by atoms with Crippen LogP contribution in [0.4, 0.5) is 0 Å². The molecule has 2 rings (SSSR count). The van der Waals surface area contributed by atoms with Crippen molar-refractivity contribution in [1.29, 1.82) is 0 Å². The van der Waals surface area contributed by atoms with Crippen molar-refractivity contribution in [2.45, 2.75) is 97.4 Å². The molecule has 0 radical (unpaired) electrons. The molecule has 0 bridgehead atoms. The first-order valence-corrected chi connectivity index (χ1v) is 10.7. The zero-order valence-corrected chi connectivity index (χ0v) is 16.7. The van der Waals surface area contributed by atoms with Crippen molar-refractivity contribution in [2.75, 3.05) is 0 Å². The fraction of sp³-hybridized carbons (Fsp3) is 0.696. The summed E-state index contributed by atoms with van der Waals surface area (Å²) in [5.74, 6) is 0.720. The summed E-state index contributed by atoms with van der Waals surface area (Å²) in [7, 11) is 0. The number of hydrogen-bond acceptors (Lipinski definition) is 1. The van der Waals surface area contributed by atoms with Crippen molar-refractivity contribution in [3.8, 4) is 0 Å². The molecule has 2 heteroatoms. The van der Waals surface area contributed by atoms with Crippen molar-refractivity contribution >= 4 is 11.0 Å². The van der Waals surface area contributed by atoms with Gasteiger partial charge in [-0.3, -0.25) is 0 Å². The monoisotopic (exact) mass is 342 g/mol. The summed E-state index contributed by atoms with van der Waals surface area (Å²) < 4.78 is 2.47. The lowest BCUT2D eigenvalue weighted by atomic mass is 9.91. The summed E-state index contributed by atoms with van der Waals surface area (Å²) in [5.41, 5.74) is 2.44. The highest BCUT2D eigenvalue weighted by atomic mass is 15.1. The van der Waals surface area contributed by atoms with Crippen molar-refractivity contribution in [2.24, 2.45) is 5.92 Å². The molecule has 0 aliphatic rings. The van der Waals surface area contributed by atoms with Crippen LogP contribution in [0, 0.1) is 5.92 Å². The number of para-hydroxylation sites is 2. The van der Waals surface area contributed by atoms with Gasteiger partial charge in [-0.15, -0.1) is 0 Å². The molecular formula is C23H38N2. The van der Waals surface area contributed by atoms with E-state index in [1.54, 1.807) is 0 Å². The van der Waals surface area contributed by atoms with E-state index in [0.717, 1.165) is 11.4 Å². The average Bonchev–Trinajstić information content (AvgIpc) is 3.06. The molecule has 0 aliphatic carbocycles. The average molecular weight is 343 g/mol. The van der Waals surface area contributed by atoms with Crippen LogP contribution in [0.15, 0.2) is 30.6 Å². The van der Waals surface area contributed by atoms with Gasteiger partial charge in [-0.2, -0.15) is 0 Å². The second kappa shape index (κ2) is 11.3. The number of unbranched alkanes of at least 4 members (excludes halogenated alkanes) is 7. The minimum Gasteiger partial charge on any atom is -0.327 e. The Morgan fingerprint density at radius 2 is 1.52 bits per heavy atom. The molecule has 2 nitrogen and oxygen atoms in total. The van der Waals surface area contributed by atoms with Crippen LogP contribution >= 0.6 is 0 Å². The van der Waals surface area contributed by atoms with Crippen molar-refractivity contribution in [3.63, 3.8) is 0 Å². The maximum Gasteiger partial charge on any atom is 0.0961 e. The van der Waals surface area contributed by atoms with E-state index in [1.165, 1.54) is 76.1 Å². The highest BCUT2D eigenvalue weighted by molar-refractivity contribution is 5.75. The number of imidazole rings is 1. The lowest BCUT2D eigenvalue weighted by Gasteiger charge is -2.26. The number of aromatic nitrogens is 2. The second-order valence-electron chi connectivity index (χ2n) is 7.74. The molecule has 2 unspecified atom stereocenters. The molecule has 0 fully saturated rings. The van der Waals surface area contributed by atoms with Crippen molar-refractivity contribution < 1.29 is 0 Å². The zero-order valence-electron chi connectivity index (χ0n) is 16.7. The number of fused-ring (bicyclic) bond motifs is 1. The van der Waals surface area contributed by atoms with Crippen LogP contribution in [0.1, 0.15) is 97.4 Å². The largest absolute Gasteiger partial charge is 0.327 e. The minimum atomic E-state index is 0.592. The Morgan fingerprint density at radius 3 is 2.28 bits per heavy atom. The highest BCUT2D eigenvalue weighted by Gasteiger charge is 2.20. The predicted octanol–water partition coefficient (Wildman–Crippen LogP) is 7.54. The molecule has 140 valence electrons. The fourth-order valence-electron chi connectivity index (χ4n) is 3.97. The number of nitrogens with zero attached hydrogens (tertiary/aromatic N) is 2. The molecule has 2 atom stereocenters. The Labute approximate surface area is 155 Å². The molecule has 0 spiro atoms. The highest BCUT2D eigenvalue weighted by Crippen LogP contribution is 2.31. The van der Waals surface area contributed by atoms with Crippen LogP contribution in [-0.4, -0.2) is 9.55 Å². The van der Waals surface area contributed by atoms with Crippen LogP contribution in [0.3, 0.4) is 0 Å². The summed E-state index contributed by atoms with van der Waals surface area (Å²) in [6.45, 7) is 7.03. The minimum absolute atomic E-state index is 0.592. The number of hydrogen-bond donors (Lipinski definition) is 0. The summed E-state index contributed by atoms with van der Waals surface area (Å²) >= 11 is 0. The smallest absolute Gasteiger partial charge is 0.0961 e. The third-order valence-electron chi connectivity index (χ3n) is 5.61. The first kappa shape index (κ1) is 20.0.